The Morgan fingerprint density at radius 2 is 1.54 bits per heavy atom. The number of hydrogen-bond acceptors (Lipinski definition) is 4. The summed E-state index contributed by atoms with van der Waals surface area (Å²) in [4.78, 5) is 0. The van der Waals surface area contributed by atoms with Crippen LogP contribution in [-0.4, -0.2) is 26.3 Å². The van der Waals surface area contributed by atoms with Crippen molar-refractivity contribution < 1.29 is 14.2 Å². The topological polar surface area (TPSA) is 39.7 Å². The summed E-state index contributed by atoms with van der Waals surface area (Å²) in [5.41, 5.74) is 0. The summed E-state index contributed by atoms with van der Waals surface area (Å²) in [5, 5.41) is 3.22. The summed E-state index contributed by atoms with van der Waals surface area (Å²) in [7, 11) is 0. The van der Waals surface area contributed by atoms with E-state index in [9.17, 15) is 0 Å². The van der Waals surface area contributed by atoms with Crippen LogP contribution < -0.4 is 5.32 Å². The second-order valence-electron chi connectivity index (χ2n) is 2.53. The quantitative estimate of drug-likeness (QED) is 0.610. The number of rotatable bonds is 0. The molecule has 0 radical (unpaired) electrons. The van der Waals surface area contributed by atoms with Gasteiger partial charge in [-0.15, -0.1) is 0 Å². The van der Waals surface area contributed by atoms with Gasteiger partial charge in [-0.3, -0.25) is 0 Å². The Balaban J connectivity index is 0.000000132. The molecule has 2 aliphatic rings. The minimum atomic E-state index is 0.889. The molecule has 0 bridgehead atoms. The van der Waals surface area contributed by atoms with Crippen LogP contribution in [0.3, 0.4) is 0 Å². The molecule has 0 aromatic rings. The molecule has 0 saturated carbocycles. The second-order valence-corrected chi connectivity index (χ2v) is 2.53. The molecule has 2 rings (SSSR count). The van der Waals surface area contributed by atoms with Gasteiger partial charge >= 0.3 is 0 Å². The smallest absolute Gasteiger partial charge is 0.125 e. The molecular weight excluding hydrogens is 170 g/mol. The molecule has 0 aromatic heterocycles. The lowest BCUT2D eigenvalue weighted by molar-refractivity contribution is 0.151. The van der Waals surface area contributed by atoms with E-state index in [1.807, 2.05) is 0 Å². The summed E-state index contributed by atoms with van der Waals surface area (Å²) in [5.74, 6) is 0. The zero-order chi connectivity index (χ0) is 9.19. The average Bonchev–Trinajstić information content (AvgIpc) is 2.53. The fraction of sp³-hybridized carbons (Fsp3) is 0.556. The Bertz CT molecular complexity index is 129. The molecule has 1 N–H and O–H groups in total. The molecule has 0 unspecified atom stereocenters. The zero-order valence-corrected chi connectivity index (χ0v) is 7.57. The van der Waals surface area contributed by atoms with Crippen molar-refractivity contribution >= 4 is 0 Å². The summed E-state index contributed by atoms with van der Waals surface area (Å²) in [6.45, 7) is 3.98. The molecule has 0 amide bonds. The van der Waals surface area contributed by atoms with Crippen LogP contribution in [0.25, 0.3) is 0 Å². The lowest BCUT2D eigenvalue weighted by atomic mass is 10.5. The van der Waals surface area contributed by atoms with Gasteiger partial charge in [0.05, 0.1) is 6.61 Å². The molecule has 0 atom stereocenters. The van der Waals surface area contributed by atoms with E-state index in [1.54, 1.807) is 0 Å². The van der Waals surface area contributed by atoms with Crippen molar-refractivity contribution in [3.8, 4) is 0 Å². The number of ether oxygens (including phenoxy) is 3. The molecule has 0 aromatic carbocycles. The third kappa shape index (κ3) is 6.19. The average molecular weight is 185 g/mol. The Morgan fingerprint density at radius 1 is 0.846 bits per heavy atom. The van der Waals surface area contributed by atoms with Crippen molar-refractivity contribution in [2.24, 2.45) is 0 Å². The maximum absolute atomic E-state index is 5.13. The first-order chi connectivity index (χ1) is 6.50. The van der Waals surface area contributed by atoms with E-state index in [4.69, 9.17) is 4.74 Å². The zero-order valence-electron chi connectivity index (χ0n) is 7.57. The molecule has 1 fully saturated rings. The van der Waals surface area contributed by atoms with Gasteiger partial charge in [0, 0.05) is 13.2 Å². The highest BCUT2D eigenvalue weighted by Gasteiger charge is 1.93. The molecule has 2 heterocycles. The first-order valence-corrected chi connectivity index (χ1v) is 4.39. The van der Waals surface area contributed by atoms with Gasteiger partial charge in [-0.05, 0) is 13.0 Å². The largest absolute Gasteiger partial charge is 0.466 e. The van der Waals surface area contributed by atoms with Gasteiger partial charge in [0.1, 0.15) is 25.0 Å². The van der Waals surface area contributed by atoms with Crippen molar-refractivity contribution in [1.29, 1.82) is 0 Å². The molecule has 2 aliphatic heterocycles. The molecule has 74 valence electrons. The third-order valence-corrected chi connectivity index (χ3v) is 1.49. The van der Waals surface area contributed by atoms with E-state index in [-0.39, 0.29) is 0 Å². The van der Waals surface area contributed by atoms with Crippen molar-refractivity contribution in [3.05, 3.63) is 25.0 Å². The summed E-state index contributed by atoms with van der Waals surface area (Å²) in [6, 6.07) is 0. The van der Waals surface area contributed by atoms with E-state index < -0.39 is 0 Å². The maximum Gasteiger partial charge on any atom is 0.125 e. The van der Waals surface area contributed by atoms with Crippen molar-refractivity contribution in [1.82, 2.24) is 5.32 Å². The highest BCUT2D eigenvalue weighted by atomic mass is 16.5. The Kier molecular flexibility index (Phi) is 5.93. The first-order valence-electron chi connectivity index (χ1n) is 4.39. The lowest BCUT2D eigenvalue weighted by Gasteiger charge is -1.94. The Morgan fingerprint density at radius 3 is 2.15 bits per heavy atom. The van der Waals surface area contributed by atoms with E-state index in [0.717, 1.165) is 26.3 Å². The Hall–Kier alpha value is -1.00. The van der Waals surface area contributed by atoms with Crippen molar-refractivity contribution in [2.45, 2.75) is 6.42 Å². The van der Waals surface area contributed by atoms with E-state index >= 15 is 0 Å². The summed E-state index contributed by atoms with van der Waals surface area (Å²) >= 11 is 0. The normalized spacial score (nSPS) is 20.3. The minimum absolute atomic E-state index is 0.889. The SMILES string of the molecule is C1=COC=CO1.C1CNCCOC1. The lowest BCUT2D eigenvalue weighted by Crippen LogP contribution is -2.15. The van der Waals surface area contributed by atoms with Gasteiger partial charge in [-0.25, -0.2) is 0 Å². The van der Waals surface area contributed by atoms with Gasteiger partial charge in [0.2, 0.25) is 0 Å². The van der Waals surface area contributed by atoms with E-state index in [0.29, 0.717) is 0 Å². The van der Waals surface area contributed by atoms with Crippen LogP contribution in [0.1, 0.15) is 6.42 Å². The highest BCUT2D eigenvalue weighted by molar-refractivity contribution is 4.77. The van der Waals surface area contributed by atoms with Gasteiger partial charge in [0.25, 0.3) is 0 Å². The molecule has 0 aliphatic carbocycles. The third-order valence-electron chi connectivity index (χ3n) is 1.49. The van der Waals surface area contributed by atoms with Crippen molar-refractivity contribution in [2.75, 3.05) is 26.3 Å². The monoisotopic (exact) mass is 185 g/mol. The van der Waals surface area contributed by atoms with Crippen LogP contribution in [-0.2, 0) is 14.2 Å². The molecule has 4 nitrogen and oxygen atoms in total. The molecule has 13 heavy (non-hydrogen) atoms. The standard InChI is InChI=1S/C5H11NO.C4H4O2/c1-2-6-3-5-7-4-1;1-2-6-4-3-5-1/h6H,1-5H2;1-4H. The summed E-state index contributed by atoms with van der Waals surface area (Å²) in [6.07, 6.45) is 7.00. The van der Waals surface area contributed by atoms with Crippen LogP contribution >= 0.6 is 0 Å². The highest BCUT2D eigenvalue weighted by Crippen LogP contribution is 1.89. The number of hydrogen-bond donors (Lipinski definition) is 1. The molecule has 1 saturated heterocycles. The van der Waals surface area contributed by atoms with Crippen LogP contribution in [0.4, 0.5) is 0 Å². The van der Waals surface area contributed by atoms with Crippen LogP contribution in [0.2, 0.25) is 0 Å². The summed E-state index contributed by atoms with van der Waals surface area (Å²) < 4.78 is 14.3. The van der Waals surface area contributed by atoms with Gasteiger partial charge in [-0.1, -0.05) is 0 Å². The van der Waals surface area contributed by atoms with E-state index in [1.165, 1.54) is 31.5 Å². The van der Waals surface area contributed by atoms with Gasteiger partial charge in [-0.2, -0.15) is 0 Å². The molecule has 0 spiro atoms. The fourth-order valence-electron chi connectivity index (χ4n) is 0.890. The van der Waals surface area contributed by atoms with Crippen LogP contribution in [0.5, 0.6) is 0 Å². The molecular formula is C9H15NO3. The van der Waals surface area contributed by atoms with Gasteiger partial charge < -0.3 is 19.5 Å². The molecule has 4 heteroatoms. The maximum atomic E-state index is 5.13. The Labute approximate surface area is 78.2 Å². The van der Waals surface area contributed by atoms with Crippen LogP contribution in [0.15, 0.2) is 25.0 Å². The predicted molar refractivity (Wildman–Crippen MR) is 48.8 cm³/mol. The van der Waals surface area contributed by atoms with Gasteiger partial charge in [0.15, 0.2) is 0 Å². The fourth-order valence-corrected chi connectivity index (χ4v) is 0.890. The second kappa shape index (κ2) is 7.64. The van der Waals surface area contributed by atoms with Crippen LogP contribution in [0, 0.1) is 0 Å². The first kappa shape index (κ1) is 10.1. The van der Waals surface area contributed by atoms with Crippen molar-refractivity contribution in [3.63, 3.8) is 0 Å². The predicted octanol–water partition coefficient (Wildman–Crippen LogP) is 0.972. The van der Waals surface area contributed by atoms with E-state index in [2.05, 4.69) is 14.8 Å². The number of nitrogens with one attached hydrogen (secondary N) is 1. The minimum Gasteiger partial charge on any atom is -0.466 e.